The molecule has 0 aliphatic carbocycles. The van der Waals surface area contributed by atoms with Crippen molar-refractivity contribution in [1.29, 1.82) is 0 Å². The Morgan fingerprint density at radius 2 is 2.00 bits per heavy atom. The zero-order valence-electron chi connectivity index (χ0n) is 13.8. The van der Waals surface area contributed by atoms with E-state index in [1.165, 1.54) is 0 Å². The molecule has 2 aromatic rings. The minimum atomic E-state index is -0.298. The third-order valence-electron chi connectivity index (χ3n) is 3.18. The molecule has 0 unspecified atom stereocenters. The van der Waals surface area contributed by atoms with Crippen LogP contribution in [-0.2, 0) is 6.54 Å². The van der Waals surface area contributed by atoms with Crippen LogP contribution in [0, 0.1) is 0 Å². The number of ether oxygens (including phenoxy) is 1. The van der Waals surface area contributed by atoms with Crippen molar-refractivity contribution < 1.29 is 9.53 Å². The van der Waals surface area contributed by atoms with Gasteiger partial charge in [0, 0.05) is 17.1 Å². The number of thiocarbonyl (C=S) groups is 1. The second-order valence-electron chi connectivity index (χ2n) is 5.54. The minimum Gasteiger partial charge on any atom is -0.490 e. The lowest BCUT2D eigenvalue weighted by Crippen LogP contribution is -2.38. The molecule has 0 radical (unpaired) electrons. The van der Waals surface area contributed by atoms with Gasteiger partial charge in [-0.05, 0) is 71.8 Å². The summed E-state index contributed by atoms with van der Waals surface area (Å²) < 4.78 is 6.34. The summed E-state index contributed by atoms with van der Waals surface area (Å²) in [5.74, 6) is 0.388. The number of carbonyl (C=O) groups excluding carboxylic acids is 1. The second-order valence-corrected chi connectivity index (χ2v) is 7.21. The average molecular weight is 442 g/mol. The molecule has 0 saturated carbocycles. The molecule has 0 heterocycles. The number of hydrogen-bond acceptors (Lipinski definition) is 3. The van der Waals surface area contributed by atoms with Gasteiger partial charge < -0.3 is 10.1 Å². The molecule has 0 aliphatic heterocycles. The quantitative estimate of drug-likeness (QED) is 0.661. The van der Waals surface area contributed by atoms with E-state index in [0.717, 1.165) is 5.56 Å². The topological polar surface area (TPSA) is 50.4 Å². The summed E-state index contributed by atoms with van der Waals surface area (Å²) in [6, 6.07) is 12.6. The van der Waals surface area contributed by atoms with E-state index in [1.807, 2.05) is 32.0 Å². The van der Waals surface area contributed by atoms with Crippen LogP contribution < -0.4 is 15.4 Å². The highest BCUT2D eigenvalue weighted by atomic mass is 79.9. The lowest BCUT2D eigenvalue weighted by molar-refractivity contribution is 0.0976. The fraction of sp³-hybridized carbons (Fsp3) is 0.222. The lowest BCUT2D eigenvalue weighted by atomic mass is 10.2. The molecule has 2 aromatic carbocycles. The first-order valence-corrected chi connectivity index (χ1v) is 9.23. The lowest BCUT2D eigenvalue weighted by Gasteiger charge is -2.13. The van der Waals surface area contributed by atoms with Crippen LogP contribution in [0.3, 0.4) is 0 Å². The zero-order chi connectivity index (χ0) is 18.4. The van der Waals surface area contributed by atoms with Crippen molar-refractivity contribution in [2.45, 2.75) is 26.5 Å². The van der Waals surface area contributed by atoms with Crippen LogP contribution in [-0.4, -0.2) is 17.1 Å². The maximum atomic E-state index is 12.3. The molecule has 0 fully saturated rings. The largest absolute Gasteiger partial charge is 0.490 e. The maximum absolute atomic E-state index is 12.3. The molecule has 0 atom stereocenters. The molecular formula is C18H18BrClN2O2S. The normalized spacial score (nSPS) is 10.4. The van der Waals surface area contributed by atoms with Crippen molar-refractivity contribution in [1.82, 2.24) is 10.6 Å². The molecule has 2 rings (SSSR count). The first-order chi connectivity index (χ1) is 11.9. The molecule has 1 amide bonds. The Bertz CT molecular complexity index is 783. The van der Waals surface area contributed by atoms with Gasteiger partial charge in [-0.25, -0.2) is 0 Å². The molecule has 4 nitrogen and oxygen atoms in total. The summed E-state index contributed by atoms with van der Waals surface area (Å²) in [6.45, 7) is 4.32. The van der Waals surface area contributed by atoms with Gasteiger partial charge in [0.1, 0.15) is 5.75 Å². The molecule has 0 aliphatic rings. The Kier molecular flexibility index (Phi) is 7.23. The molecule has 0 bridgehead atoms. The van der Waals surface area contributed by atoms with Gasteiger partial charge in [0.2, 0.25) is 0 Å². The van der Waals surface area contributed by atoms with Crippen LogP contribution in [0.15, 0.2) is 46.9 Å². The van der Waals surface area contributed by atoms with E-state index < -0.39 is 0 Å². The molecule has 0 aromatic heterocycles. The summed E-state index contributed by atoms with van der Waals surface area (Å²) in [5.41, 5.74) is 1.38. The van der Waals surface area contributed by atoms with Gasteiger partial charge in [-0.15, -0.1) is 0 Å². The van der Waals surface area contributed by atoms with Gasteiger partial charge in [-0.2, -0.15) is 0 Å². The Hall–Kier alpha value is -1.63. The highest BCUT2D eigenvalue weighted by Gasteiger charge is 2.11. The van der Waals surface area contributed by atoms with Crippen molar-refractivity contribution in [3.63, 3.8) is 0 Å². The van der Waals surface area contributed by atoms with E-state index in [2.05, 4.69) is 26.6 Å². The number of rotatable bonds is 5. The fourth-order valence-electron chi connectivity index (χ4n) is 2.03. The van der Waals surface area contributed by atoms with Crippen LogP contribution in [0.25, 0.3) is 0 Å². The monoisotopic (exact) mass is 440 g/mol. The van der Waals surface area contributed by atoms with Gasteiger partial charge >= 0.3 is 0 Å². The van der Waals surface area contributed by atoms with Crippen LogP contribution >= 0.6 is 39.7 Å². The minimum absolute atomic E-state index is 0.0533. The first-order valence-electron chi connectivity index (χ1n) is 7.65. The maximum Gasteiger partial charge on any atom is 0.257 e. The van der Waals surface area contributed by atoms with Crippen LogP contribution in [0.2, 0.25) is 5.02 Å². The summed E-state index contributed by atoms with van der Waals surface area (Å²) in [4.78, 5) is 12.3. The summed E-state index contributed by atoms with van der Waals surface area (Å²) in [6.07, 6.45) is 0.0533. The van der Waals surface area contributed by atoms with Crippen LogP contribution in [0.5, 0.6) is 5.75 Å². The fourth-order valence-corrected chi connectivity index (χ4v) is 2.87. The molecule has 132 valence electrons. The third kappa shape index (κ3) is 5.99. The summed E-state index contributed by atoms with van der Waals surface area (Å²) in [7, 11) is 0. The van der Waals surface area contributed by atoms with Gasteiger partial charge in [0.05, 0.1) is 10.6 Å². The number of halogens is 2. The van der Waals surface area contributed by atoms with E-state index >= 15 is 0 Å². The second kappa shape index (κ2) is 9.17. The zero-order valence-corrected chi connectivity index (χ0v) is 17.0. The average Bonchev–Trinajstić information content (AvgIpc) is 2.55. The number of amides is 1. The van der Waals surface area contributed by atoms with Crippen molar-refractivity contribution >= 4 is 50.8 Å². The standard InChI is InChI=1S/C18H18BrClN2O2S/c1-11(2)24-16-8-7-12(9-14(16)19)17(23)22-18(25)21-10-13-5-3-4-6-15(13)20/h3-9,11H,10H2,1-2H3,(H2,21,22,23,25). The predicted octanol–water partition coefficient (Wildman–Crippen LogP) is 4.69. The van der Waals surface area contributed by atoms with Gasteiger partial charge in [0.25, 0.3) is 5.91 Å². The Morgan fingerprint density at radius 1 is 1.28 bits per heavy atom. The predicted molar refractivity (Wildman–Crippen MR) is 108 cm³/mol. The van der Waals surface area contributed by atoms with E-state index in [4.69, 9.17) is 28.6 Å². The van der Waals surface area contributed by atoms with Crippen LogP contribution in [0.4, 0.5) is 0 Å². The van der Waals surface area contributed by atoms with Gasteiger partial charge in [-0.3, -0.25) is 10.1 Å². The van der Waals surface area contributed by atoms with E-state index in [0.29, 0.717) is 27.4 Å². The van der Waals surface area contributed by atoms with E-state index in [1.54, 1.807) is 24.3 Å². The molecular weight excluding hydrogens is 424 g/mol. The Balaban J connectivity index is 1.94. The van der Waals surface area contributed by atoms with Crippen molar-refractivity contribution in [2.24, 2.45) is 0 Å². The number of benzene rings is 2. The van der Waals surface area contributed by atoms with Crippen molar-refractivity contribution in [2.75, 3.05) is 0 Å². The smallest absolute Gasteiger partial charge is 0.257 e. The Morgan fingerprint density at radius 3 is 2.64 bits per heavy atom. The molecule has 2 N–H and O–H groups in total. The molecule has 0 saturated heterocycles. The SMILES string of the molecule is CC(C)Oc1ccc(C(=O)NC(=S)NCc2ccccc2Cl)cc1Br. The first kappa shape index (κ1) is 19.7. The number of hydrogen-bond donors (Lipinski definition) is 2. The van der Waals surface area contributed by atoms with Gasteiger partial charge in [0.15, 0.2) is 5.11 Å². The summed E-state index contributed by atoms with van der Waals surface area (Å²) >= 11 is 14.7. The molecule has 0 spiro atoms. The molecule has 7 heteroatoms. The highest BCUT2D eigenvalue weighted by molar-refractivity contribution is 9.10. The Labute approximate surface area is 166 Å². The number of nitrogens with one attached hydrogen (secondary N) is 2. The van der Waals surface area contributed by atoms with Crippen LogP contribution in [0.1, 0.15) is 29.8 Å². The molecule has 25 heavy (non-hydrogen) atoms. The van der Waals surface area contributed by atoms with Crippen molar-refractivity contribution in [3.05, 3.63) is 63.1 Å². The van der Waals surface area contributed by atoms with E-state index in [9.17, 15) is 4.79 Å². The highest BCUT2D eigenvalue weighted by Crippen LogP contribution is 2.26. The summed E-state index contributed by atoms with van der Waals surface area (Å²) in [5, 5.41) is 6.51. The number of carbonyl (C=O) groups is 1. The third-order valence-corrected chi connectivity index (χ3v) is 4.42. The van der Waals surface area contributed by atoms with Crippen molar-refractivity contribution in [3.8, 4) is 5.75 Å². The van der Waals surface area contributed by atoms with Gasteiger partial charge in [-0.1, -0.05) is 29.8 Å². The van der Waals surface area contributed by atoms with E-state index in [-0.39, 0.29) is 17.1 Å².